The maximum atomic E-state index is 8.73. The van der Waals surface area contributed by atoms with E-state index in [0.29, 0.717) is 24.7 Å². The van der Waals surface area contributed by atoms with Crippen LogP contribution in [0.5, 0.6) is 0 Å². The molecule has 0 aromatic carbocycles. The molecule has 2 atom stereocenters. The van der Waals surface area contributed by atoms with E-state index in [4.69, 9.17) is 14.5 Å². The fourth-order valence-electron chi connectivity index (χ4n) is 1.50. The molecule has 0 saturated carbocycles. The van der Waals surface area contributed by atoms with E-state index in [1.165, 1.54) is 0 Å². The number of aromatic nitrogens is 2. The van der Waals surface area contributed by atoms with Crippen LogP contribution >= 0.6 is 0 Å². The first-order valence-electron chi connectivity index (χ1n) is 5.92. The van der Waals surface area contributed by atoms with Crippen molar-refractivity contribution in [3.63, 3.8) is 0 Å². The lowest BCUT2D eigenvalue weighted by Crippen LogP contribution is -2.26. The van der Waals surface area contributed by atoms with Crippen LogP contribution in [-0.4, -0.2) is 16.7 Å². The summed E-state index contributed by atoms with van der Waals surface area (Å²) in [5.41, 5.74) is -0.508. The van der Waals surface area contributed by atoms with Crippen LogP contribution in [0.2, 0.25) is 0 Å². The van der Waals surface area contributed by atoms with Gasteiger partial charge in [0.25, 0.3) is 0 Å². The van der Waals surface area contributed by atoms with Gasteiger partial charge in [0, 0.05) is 13.0 Å². The minimum atomic E-state index is -0.508. The second-order valence-electron chi connectivity index (χ2n) is 4.26. The summed E-state index contributed by atoms with van der Waals surface area (Å²) in [6.07, 6.45) is 1.25. The van der Waals surface area contributed by atoms with Crippen molar-refractivity contribution in [2.45, 2.75) is 46.1 Å². The van der Waals surface area contributed by atoms with E-state index in [0.717, 1.165) is 6.42 Å². The topological polar surface area (TPSA) is 71.9 Å². The van der Waals surface area contributed by atoms with Crippen molar-refractivity contribution in [1.82, 2.24) is 10.1 Å². The predicted octanol–water partition coefficient (Wildman–Crippen LogP) is 2.43. The van der Waals surface area contributed by atoms with Gasteiger partial charge >= 0.3 is 0 Å². The van der Waals surface area contributed by atoms with Gasteiger partial charge in [-0.1, -0.05) is 12.1 Å². The van der Waals surface area contributed by atoms with Crippen molar-refractivity contribution in [3.8, 4) is 6.07 Å². The third kappa shape index (κ3) is 3.27. The SMILES string of the molecule is CCOC(C)(CC)c1noc(CC(C)C#N)n1. The lowest BCUT2D eigenvalue weighted by Gasteiger charge is -2.23. The van der Waals surface area contributed by atoms with Crippen LogP contribution in [0.15, 0.2) is 4.52 Å². The zero-order valence-corrected chi connectivity index (χ0v) is 10.9. The molecule has 1 aromatic rings. The van der Waals surface area contributed by atoms with Crippen LogP contribution in [0.1, 0.15) is 45.8 Å². The highest BCUT2D eigenvalue weighted by Gasteiger charge is 2.30. The molecule has 5 heteroatoms. The third-order valence-electron chi connectivity index (χ3n) is 2.78. The highest BCUT2D eigenvalue weighted by Crippen LogP contribution is 2.26. The second kappa shape index (κ2) is 5.78. The van der Waals surface area contributed by atoms with E-state index >= 15 is 0 Å². The van der Waals surface area contributed by atoms with Gasteiger partial charge in [0.1, 0.15) is 5.60 Å². The first-order valence-corrected chi connectivity index (χ1v) is 5.92. The predicted molar refractivity (Wildman–Crippen MR) is 62.0 cm³/mol. The van der Waals surface area contributed by atoms with Crippen LogP contribution < -0.4 is 0 Å². The van der Waals surface area contributed by atoms with Crippen molar-refractivity contribution >= 4 is 0 Å². The Morgan fingerprint density at radius 3 is 2.76 bits per heavy atom. The van der Waals surface area contributed by atoms with Crippen molar-refractivity contribution in [2.24, 2.45) is 5.92 Å². The highest BCUT2D eigenvalue weighted by atomic mass is 16.5. The standard InChI is InChI=1S/C12H19N3O2/c1-5-12(4,16-6-2)11-14-10(17-15-11)7-9(3)8-13/h9H,5-7H2,1-4H3. The molecule has 17 heavy (non-hydrogen) atoms. The Kier molecular flexibility index (Phi) is 4.64. The Labute approximate surface area is 102 Å². The van der Waals surface area contributed by atoms with Crippen molar-refractivity contribution in [3.05, 3.63) is 11.7 Å². The maximum Gasteiger partial charge on any atom is 0.228 e. The molecule has 1 aromatic heterocycles. The van der Waals surface area contributed by atoms with Crippen molar-refractivity contribution in [1.29, 1.82) is 5.26 Å². The molecule has 0 aliphatic heterocycles. The second-order valence-corrected chi connectivity index (χ2v) is 4.26. The molecule has 1 rings (SSSR count). The summed E-state index contributed by atoms with van der Waals surface area (Å²) in [7, 11) is 0. The molecule has 0 bridgehead atoms. The minimum absolute atomic E-state index is 0.122. The van der Waals surface area contributed by atoms with Crippen LogP contribution in [0.25, 0.3) is 0 Å². The van der Waals surface area contributed by atoms with E-state index in [-0.39, 0.29) is 5.92 Å². The van der Waals surface area contributed by atoms with E-state index in [1.807, 2.05) is 27.7 Å². The molecule has 0 spiro atoms. The normalized spacial score (nSPS) is 16.2. The Hall–Kier alpha value is -1.41. The molecule has 5 nitrogen and oxygen atoms in total. The summed E-state index contributed by atoms with van der Waals surface area (Å²) < 4.78 is 10.8. The first-order chi connectivity index (χ1) is 8.05. The number of hydrogen-bond donors (Lipinski definition) is 0. The quantitative estimate of drug-likeness (QED) is 0.759. The smallest absolute Gasteiger partial charge is 0.228 e. The molecular weight excluding hydrogens is 218 g/mol. The summed E-state index contributed by atoms with van der Waals surface area (Å²) in [5.74, 6) is 0.929. The van der Waals surface area contributed by atoms with Gasteiger partial charge in [-0.05, 0) is 27.2 Å². The molecule has 0 aliphatic carbocycles. The number of nitrogens with zero attached hydrogens (tertiary/aromatic N) is 3. The van der Waals surface area contributed by atoms with Gasteiger partial charge in [-0.2, -0.15) is 10.2 Å². The van der Waals surface area contributed by atoms with E-state index in [2.05, 4.69) is 16.2 Å². The van der Waals surface area contributed by atoms with Gasteiger partial charge in [0.2, 0.25) is 11.7 Å². The first kappa shape index (κ1) is 13.7. The largest absolute Gasteiger partial charge is 0.367 e. The molecular formula is C12H19N3O2. The molecule has 0 aliphatic rings. The molecule has 0 radical (unpaired) electrons. The molecule has 1 heterocycles. The number of ether oxygens (including phenoxy) is 1. The number of rotatable bonds is 6. The average Bonchev–Trinajstić information content (AvgIpc) is 2.78. The molecule has 0 amide bonds. The van der Waals surface area contributed by atoms with Crippen molar-refractivity contribution in [2.75, 3.05) is 6.61 Å². The van der Waals surface area contributed by atoms with E-state index in [9.17, 15) is 0 Å². The molecule has 94 valence electrons. The zero-order valence-electron chi connectivity index (χ0n) is 10.9. The lowest BCUT2D eigenvalue weighted by atomic mass is 10.0. The molecule has 0 saturated heterocycles. The fraction of sp³-hybridized carbons (Fsp3) is 0.750. The van der Waals surface area contributed by atoms with Crippen LogP contribution in [0.4, 0.5) is 0 Å². The molecule has 0 N–H and O–H groups in total. The summed E-state index contributed by atoms with van der Waals surface area (Å²) in [5, 5.41) is 12.7. The Bertz CT molecular complexity index is 397. The summed E-state index contributed by atoms with van der Waals surface area (Å²) in [4.78, 5) is 4.31. The van der Waals surface area contributed by atoms with Gasteiger partial charge in [-0.25, -0.2) is 0 Å². The minimum Gasteiger partial charge on any atom is -0.367 e. The Balaban J connectivity index is 2.82. The Morgan fingerprint density at radius 2 is 2.24 bits per heavy atom. The van der Waals surface area contributed by atoms with Crippen LogP contribution in [0, 0.1) is 17.2 Å². The summed E-state index contributed by atoms with van der Waals surface area (Å²) >= 11 is 0. The zero-order chi connectivity index (χ0) is 12.9. The van der Waals surface area contributed by atoms with Gasteiger partial charge in [0.15, 0.2) is 0 Å². The average molecular weight is 237 g/mol. The van der Waals surface area contributed by atoms with Crippen LogP contribution in [0.3, 0.4) is 0 Å². The van der Waals surface area contributed by atoms with Crippen molar-refractivity contribution < 1.29 is 9.26 Å². The van der Waals surface area contributed by atoms with Gasteiger partial charge in [0.05, 0.1) is 12.0 Å². The molecule has 0 fully saturated rings. The lowest BCUT2D eigenvalue weighted by molar-refractivity contribution is -0.0403. The highest BCUT2D eigenvalue weighted by molar-refractivity contribution is 5.00. The Morgan fingerprint density at radius 1 is 1.53 bits per heavy atom. The van der Waals surface area contributed by atoms with Gasteiger partial charge < -0.3 is 9.26 Å². The fourth-order valence-corrected chi connectivity index (χ4v) is 1.50. The monoisotopic (exact) mass is 237 g/mol. The van der Waals surface area contributed by atoms with Crippen LogP contribution in [-0.2, 0) is 16.8 Å². The number of nitriles is 1. The van der Waals surface area contributed by atoms with E-state index < -0.39 is 5.60 Å². The maximum absolute atomic E-state index is 8.73. The molecule has 2 unspecified atom stereocenters. The van der Waals surface area contributed by atoms with Gasteiger partial charge in [-0.15, -0.1) is 0 Å². The van der Waals surface area contributed by atoms with E-state index in [1.54, 1.807) is 0 Å². The third-order valence-corrected chi connectivity index (χ3v) is 2.78. The number of hydrogen-bond acceptors (Lipinski definition) is 5. The summed E-state index contributed by atoms with van der Waals surface area (Å²) in [6, 6.07) is 2.14. The van der Waals surface area contributed by atoms with Gasteiger partial charge in [-0.3, -0.25) is 0 Å². The summed E-state index contributed by atoms with van der Waals surface area (Å²) in [6.45, 7) is 8.32.